The number of aliphatic imine (C=N–C) groups is 1. The van der Waals surface area contributed by atoms with Crippen LogP contribution in [0.5, 0.6) is 0 Å². The van der Waals surface area contributed by atoms with Gasteiger partial charge in [-0.05, 0) is 49.2 Å². The first-order valence-electron chi connectivity index (χ1n) is 9.51. The first-order chi connectivity index (χ1) is 14.8. The SMILES string of the molecule is Cc1ccc(N(Cc2cc(=O)[nH]c3c(F)c(F)ccc23)C(=O)C2SC=NC2C)cc1Cl. The Morgan fingerprint density at radius 1 is 1.26 bits per heavy atom. The Kier molecular flexibility index (Phi) is 5.85. The van der Waals surface area contributed by atoms with Crippen LogP contribution < -0.4 is 10.5 Å². The number of halogens is 3. The number of anilines is 1. The number of aromatic nitrogens is 1. The largest absolute Gasteiger partial charge is 0.319 e. The number of nitrogens with zero attached hydrogens (tertiary/aromatic N) is 2. The number of benzene rings is 2. The van der Waals surface area contributed by atoms with Gasteiger partial charge in [0, 0.05) is 22.2 Å². The molecule has 9 heteroatoms. The molecule has 3 aromatic rings. The number of rotatable bonds is 4. The van der Waals surface area contributed by atoms with Crippen LogP contribution in [-0.4, -0.2) is 27.7 Å². The summed E-state index contributed by atoms with van der Waals surface area (Å²) in [5, 5.41) is 0.364. The molecule has 1 amide bonds. The average molecular weight is 462 g/mol. The predicted octanol–water partition coefficient (Wildman–Crippen LogP) is 4.83. The lowest BCUT2D eigenvalue weighted by Gasteiger charge is -2.27. The number of thioether (sulfide) groups is 1. The third-order valence-electron chi connectivity index (χ3n) is 5.24. The molecule has 0 radical (unpaired) electrons. The molecule has 1 aliphatic rings. The lowest BCUT2D eigenvalue weighted by Crippen LogP contribution is -2.40. The van der Waals surface area contributed by atoms with Crippen molar-refractivity contribution in [3.63, 3.8) is 0 Å². The van der Waals surface area contributed by atoms with Gasteiger partial charge in [0.2, 0.25) is 11.5 Å². The number of H-pyrrole nitrogens is 1. The van der Waals surface area contributed by atoms with Crippen molar-refractivity contribution in [3.8, 4) is 0 Å². The summed E-state index contributed by atoms with van der Waals surface area (Å²) in [5.41, 5.74) is 2.60. The predicted molar refractivity (Wildman–Crippen MR) is 121 cm³/mol. The zero-order valence-corrected chi connectivity index (χ0v) is 18.2. The van der Waals surface area contributed by atoms with E-state index in [1.807, 2.05) is 13.8 Å². The Morgan fingerprint density at radius 3 is 2.71 bits per heavy atom. The third-order valence-corrected chi connectivity index (χ3v) is 6.78. The molecule has 0 saturated heterocycles. The monoisotopic (exact) mass is 461 g/mol. The van der Waals surface area contributed by atoms with Gasteiger partial charge in [-0.3, -0.25) is 14.6 Å². The second-order valence-corrected chi connectivity index (χ2v) is 8.75. The van der Waals surface area contributed by atoms with Gasteiger partial charge in [0.25, 0.3) is 0 Å². The van der Waals surface area contributed by atoms with Gasteiger partial charge in [-0.15, -0.1) is 0 Å². The standard InChI is InChI=1S/C22H18ClF2N3O2S/c1-11-3-4-14(8-16(11)23)28(22(30)21-12(2)26-10-31-21)9-13-7-18(29)27-20-15(13)5-6-17(24)19(20)25/h3-8,10,12,21H,9H2,1-2H3,(H,27,29). The van der Waals surface area contributed by atoms with E-state index in [9.17, 15) is 18.4 Å². The van der Waals surface area contributed by atoms with Gasteiger partial charge in [0.1, 0.15) is 5.25 Å². The van der Waals surface area contributed by atoms with Gasteiger partial charge in [0.15, 0.2) is 11.6 Å². The highest BCUT2D eigenvalue weighted by Gasteiger charge is 2.33. The fourth-order valence-corrected chi connectivity index (χ4v) is 4.60. The van der Waals surface area contributed by atoms with Crippen molar-refractivity contribution in [2.24, 2.45) is 4.99 Å². The molecule has 2 heterocycles. The van der Waals surface area contributed by atoms with Gasteiger partial charge in [-0.1, -0.05) is 29.4 Å². The van der Waals surface area contributed by atoms with E-state index in [2.05, 4.69) is 9.98 Å². The van der Waals surface area contributed by atoms with Crippen molar-refractivity contribution in [2.45, 2.75) is 31.7 Å². The van der Waals surface area contributed by atoms with Gasteiger partial charge in [-0.25, -0.2) is 8.78 Å². The third kappa shape index (κ3) is 4.09. The molecular weight excluding hydrogens is 444 g/mol. The van der Waals surface area contributed by atoms with Gasteiger partial charge >= 0.3 is 0 Å². The number of hydrogen-bond donors (Lipinski definition) is 1. The van der Waals surface area contributed by atoms with Crippen molar-refractivity contribution in [2.75, 3.05) is 4.90 Å². The Morgan fingerprint density at radius 2 is 2.03 bits per heavy atom. The quantitative estimate of drug-likeness (QED) is 0.605. The molecule has 2 atom stereocenters. The maximum Gasteiger partial charge on any atom is 0.248 e. The maximum absolute atomic E-state index is 14.3. The number of pyridine rings is 1. The molecule has 0 spiro atoms. The molecule has 1 aromatic heterocycles. The van der Waals surface area contributed by atoms with E-state index in [1.54, 1.807) is 23.7 Å². The molecule has 1 N–H and O–H groups in total. The number of carbonyl (C=O) groups excluding carboxylic acids is 1. The normalized spacial score (nSPS) is 18.0. The minimum absolute atomic E-state index is 0.0203. The number of nitrogens with one attached hydrogen (secondary N) is 1. The van der Waals surface area contributed by atoms with E-state index in [0.29, 0.717) is 21.7 Å². The van der Waals surface area contributed by atoms with Crippen molar-refractivity contribution >= 4 is 51.4 Å². The summed E-state index contributed by atoms with van der Waals surface area (Å²) < 4.78 is 28.0. The molecular formula is C22H18ClF2N3O2S. The summed E-state index contributed by atoms with van der Waals surface area (Å²) >= 11 is 7.62. The van der Waals surface area contributed by atoms with E-state index in [-0.39, 0.29) is 24.0 Å². The van der Waals surface area contributed by atoms with Crippen molar-refractivity contribution in [3.05, 3.63) is 74.5 Å². The molecule has 2 aromatic carbocycles. The van der Waals surface area contributed by atoms with Crippen LogP contribution in [-0.2, 0) is 11.3 Å². The zero-order valence-electron chi connectivity index (χ0n) is 16.7. The second kappa shape index (κ2) is 8.43. The minimum atomic E-state index is -1.14. The highest BCUT2D eigenvalue weighted by atomic mass is 35.5. The zero-order chi connectivity index (χ0) is 22.3. The first kappa shape index (κ1) is 21.5. The molecule has 4 rings (SSSR count). The summed E-state index contributed by atoms with van der Waals surface area (Å²) in [7, 11) is 0. The van der Waals surface area contributed by atoms with E-state index in [4.69, 9.17) is 11.6 Å². The number of fused-ring (bicyclic) bond motifs is 1. The Hall–Kier alpha value is -2.71. The summed E-state index contributed by atoms with van der Waals surface area (Å²) in [6, 6.07) is 8.69. The van der Waals surface area contributed by atoms with Crippen molar-refractivity contribution in [1.29, 1.82) is 0 Å². The first-order valence-corrected chi connectivity index (χ1v) is 10.8. The fraction of sp³-hybridized carbons (Fsp3) is 0.227. The molecule has 1 aliphatic heterocycles. The van der Waals surface area contributed by atoms with Crippen LogP contribution in [0.1, 0.15) is 18.1 Å². The van der Waals surface area contributed by atoms with Crippen LogP contribution in [0.3, 0.4) is 0 Å². The lowest BCUT2D eigenvalue weighted by molar-refractivity contribution is -0.118. The number of aromatic amines is 1. The molecule has 2 unspecified atom stereocenters. The molecule has 0 bridgehead atoms. The number of amides is 1. The Balaban J connectivity index is 1.83. The maximum atomic E-state index is 14.3. The summed E-state index contributed by atoms with van der Waals surface area (Å²) in [6.07, 6.45) is 0. The fourth-order valence-electron chi connectivity index (χ4n) is 3.49. The molecule has 160 valence electrons. The van der Waals surface area contributed by atoms with Crippen LogP contribution >= 0.6 is 23.4 Å². The second-order valence-electron chi connectivity index (χ2n) is 7.35. The average Bonchev–Trinajstić information content (AvgIpc) is 3.16. The van der Waals surface area contributed by atoms with Crippen molar-refractivity contribution < 1.29 is 13.6 Å². The van der Waals surface area contributed by atoms with Crippen LogP contribution in [0.15, 0.2) is 46.2 Å². The highest BCUT2D eigenvalue weighted by Crippen LogP contribution is 2.31. The summed E-state index contributed by atoms with van der Waals surface area (Å²) in [4.78, 5) is 33.7. The van der Waals surface area contributed by atoms with E-state index >= 15 is 0 Å². The van der Waals surface area contributed by atoms with Crippen LogP contribution in [0.2, 0.25) is 5.02 Å². The van der Waals surface area contributed by atoms with Crippen LogP contribution in [0.4, 0.5) is 14.5 Å². The molecule has 0 fully saturated rings. The van der Waals surface area contributed by atoms with E-state index in [0.717, 1.165) is 11.6 Å². The Labute approximate surface area is 186 Å². The van der Waals surface area contributed by atoms with E-state index in [1.165, 1.54) is 28.8 Å². The number of carbonyl (C=O) groups is 1. The summed E-state index contributed by atoms with van der Waals surface area (Å²) in [6.45, 7) is 3.68. The van der Waals surface area contributed by atoms with Gasteiger partial charge in [0.05, 0.1) is 23.6 Å². The highest BCUT2D eigenvalue weighted by molar-refractivity contribution is 8.13. The summed E-state index contributed by atoms with van der Waals surface area (Å²) in [5.74, 6) is -2.42. The van der Waals surface area contributed by atoms with Crippen molar-refractivity contribution in [1.82, 2.24) is 4.98 Å². The smallest absolute Gasteiger partial charge is 0.248 e. The molecule has 31 heavy (non-hydrogen) atoms. The number of hydrogen-bond acceptors (Lipinski definition) is 4. The Bertz CT molecular complexity index is 1280. The molecule has 0 aliphatic carbocycles. The van der Waals surface area contributed by atoms with E-state index < -0.39 is 22.4 Å². The molecule has 5 nitrogen and oxygen atoms in total. The van der Waals surface area contributed by atoms with Crippen LogP contribution in [0.25, 0.3) is 10.9 Å². The van der Waals surface area contributed by atoms with Crippen LogP contribution in [0, 0.1) is 18.6 Å². The van der Waals surface area contributed by atoms with Gasteiger partial charge < -0.3 is 9.88 Å². The van der Waals surface area contributed by atoms with Gasteiger partial charge in [-0.2, -0.15) is 0 Å². The number of aryl methyl sites for hydroxylation is 1. The lowest BCUT2D eigenvalue weighted by atomic mass is 10.1. The minimum Gasteiger partial charge on any atom is -0.319 e. The topological polar surface area (TPSA) is 65.5 Å². The molecule has 0 saturated carbocycles.